The average molecular weight is 225 g/mol. The highest BCUT2D eigenvalue weighted by Crippen LogP contribution is 2.38. The first-order chi connectivity index (χ1) is 8.27. The molecular formula is C16H19N. The van der Waals surface area contributed by atoms with Crippen molar-refractivity contribution in [2.45, 2.75) is 32.2 Å². The minimum absolute atomic E-state index is 0.217. The van der Waals surface area contributed by atoms with Gasteiger partial charge in [-0.15, -0.1) is 0 Å². The summed E-state index contributed by atoms with van der Waals surface area (Å²) in [4.78, 5) is 0. The molecule has 3 rings (SSSR count). The standard InChI is InChI=1S/C16H19N/c1-11-9-10-15(16(17)12-5-4-6-12)14-8-3-2-7-13(11)14/h2-3,7-10,12,16H,4-6,17H2,1H3/t16-/m1/s1. The number of rotatable bonds is 2. The lowest BCUT2D eigenvalue weighted by Crippen LogP contribution is -2.27. The van der Waals surface area contributed by atoms with Gasteiger partial charge in [-0.25, -0.2) is 0 Å². The van der Waals surface area contributed by atoms with E-state index in [1.165, 1.54) is 41.2 Å². The quantitative estimate of drug-likeness (QED) is 0.823. The normalized spacial score (nSPS) is 18.0. The van der Waals surface area contributed by atoms with Crippen LogP contribution in [0.1, 0.15) is 36.4 Å². The Morgan fingerprint density at radius 3 is 2.41 bits per heavy atom. The molecule has 1 aliphatic carbocycles. The van der Waals surface area contributed by atoms with E-state index in [-0.39, 0.29) is 6.04 Å². The summed E-state index contributed by atoms with van der Waals surface area (Å²) in [5.74, 6) is 0.695. The molecule has 1 nitrogen and oxygen atoms in total. The number of hydrogen-bond donors (Lipinski definition) is 1. The predicted octanol–water partition coefficient (Wildman–Crippen LogP) is 3.95. The van der Waals surface area contributed by atoms with E-state index in [0.717, 1.165) is 0 Å². The molecule has 0 unspecified atom stereocenters. The van der Waals surface area contributed by atoms with Gasteiger partial charge in [0.1, 0.15) is 0 Å². The molecule has 17 heavy (non-hydrogen) atoms. The van der Waals surface area contributed by atoms with Gasteiger partial charge in [-0.05, 0) is 47.6 Å². The van der Waals surface area contributed by atoms with Crippen LogP contribution in [0.25, 0.3) is 10.8 Å². The Balaban J connectivity index is 2.12. The average Bonchev–Trinajstić information content (AvgIpc) is 2.27. The fraction of sp³-hybridized carbons (Fsp3) is 0.375. The first kappa shape index (κ1) is 10.8. The fourth-order valence-corrected chi connectivity index (χ4v) is 2.82. The van der Waals surface area contributed by atoms with Crippen molar-refractivity contribution in [3.05, 3.63) is 47.5 Å². The van der Waals surface area contributed by atoms with E-state index in [1.807, 2.05) is 0 Å². The molecule has 1 aliphatic rings. The summed E-state index contributed by atoms with van der Waals surface area (Å²) in [6, 6.07) is 13.3. The van der Waals surface area contributed by atoms with Crippen LogP contribution in [-0.2, 0) is 0 Å². The highest BCUT2D eigenvalue weighted by molar-refractivity contribution is 5.88. The van der Waals surface area contributed by atoms with Crippen LogP contribution in [0.4, 0.5) is 0 Å². The summed E-state index contributed by atoms with van der Waals surface area (Å²) in [5.41, 5.74) is 9.08. The number of hydrogen-bond acceptors (Lipinski definition) is 1. The molecular weight excluding hydrogens is 206 g/mol. The zero-order valence-electron chi connectivity index (χ0n) is 10.3. The van der Waals surface area contributed by atoms with Crippen molar-refractivity contribution in [2.75, 3.05) is 0 Å². The van der Waals surface area contributed by atoms with E-state index >= 15 is 0 Å². The number of fused-ring (bicyclic) bond motifs is 1. The molecule has 0 bridgehead atoms. The third kappa shape index (κ3) is 1.75. The van der Waals surface area contributed by atoms with Crippen LogP contribution in [0.5, 0.6) is 0 Å². The Bertz CT molecular complexity index is 540. The number of benzene rings is 2. The maximum absolute atomic E-state index is 6.42. The third-order valence-corrected chi connectivity index (χ3v) is 4.19. The molecule has 88 valence electrons. The Labute approximate surface area is 103 Å². The van der Waals surface area contributed by atoms with E-state index in [1.54, 1.807) is 0 Å². The van der Waals surface area contributed by atoms with Gasteiger partial charge in [0.25, 0.3) is 0 Å². The van der Waals surface area contributed by atoms with E-state index in [4.69, 9.17) is 5.73 Å². The lowest BCUT2D eigenvalue weighted by molar-refractivity contribution is 0.265. The number of aryl methyl sites for hydroxylation is 1. The molecule has 0 spiro atoms. The van der Waals surface area contributed by atoms with E-state index in [2.05, 4.69) is 43.3 Å². The minimum atomic E-state index is 0.217. The van der Waals surface area contributed by atoms with E-state index in [0.29, 0.717) is 5.92 Å². The van der Waals surface area contributed by atoms with Gasteiger partial charge in [0.2, 0.25) is 0 Å². The SMILES string of the molecule is Cc1ccc([C@H](N)C2CCC2)c2ccccc12. The Hall–Kier alpha value is -1.34. The topological polar surface area (TPSA) is 26.0 Å². The van der Waals surface area contributed by atoms with E-state index in [9.17, 15) is 0 Å². The number of nitrogens with two attached hydrogens (primary N) is 1. The smallest absolute Gasteiger partial charge is 0.0329 e. The van der Waals surface area contributed by atoms with Crippen molar-refractivity contribution in [1.29, 1.82) is 0 Å². The van der Waals surface area contributed by atoms with Crippen molar-refractivity contribution in [1.82, 2.24) is 0 Å². The molecule has 0 amide bonds. The molecule has 2 N–H and O–H groups in total. The lowest BCUT2D eigenvalue weighted by atomic mass is 9.76. The highest BCUT2D eigenvalue weighted by atomic mass is 14.7. The third-order valence-electron chi connectivity index (χ3n) is 4.19. The molecule has 0 radical (unpaired) electrons. The summed E-state index contributed by atoms with van der Waals surface area (Å²) in [7, 11) is 0. The van der Waals surface area contributed by atoms with Crippen molar-refractivity contribution >= 4 is 10.8 Å². The fourth-order valence-electron chi connectivity index (χ4n) is 2.82. The summed E-state index contributed by atoms with van der Waals surface area (Å²) >= 11 is 0. The van der Waals surface area contributed by atoms with Crippen LogP contribution in [0, 0.1) is 12.8 Å². The van der Waals surface area contributed by atoms with Crippen LogP contribution < -0.4 is 5.73 Å². The second-order valence-electron chi connectivity index (χ2n) is 5.23. The molecule has 1 atom stereocenters. The Morgan fingerprint density at radius 2 is 1.76 bits per heavy atom. The Morgan fingerprint density at radius 1 is 1.06 bits per heavy atom. The second kappa shape index (κ2) is 4.15. The maximum atomic E-state index is 6.42. The monoisotopic (exact) mass is 225 g/mol. The van der Waals surface area contributed by atoms with Gasteiger partial charge in [-0.2, -0.15) is 0 Å². The van der Waals surface area contributed by atoms with Gasteiger partial charge in [-0.3, -0.25) is 0 Å². The predicted molar refractivity (Wildman–Crippen MR) is 73.0 cm³/mol. The molecule has 1 fully saturated rings. The molecule has 2 aromatic rings. The van der Waals surface area contributed by atoms with Crippen LogP contribution in [-0.4, -0.2) is 0 Å². The first-order valence-electron chi connectivity index (χ1n) is 6.51. The summed E-state index contributed by atoms with van der Waals surface area (Å²) in [6.45, 7) is 2.17. The van der Waals surface area contributed by atoms with Gasteiger partial charge < -0.3 is 5.73 Å². The molecule has 0 aliphatic heterocycles. The molecule has 1 saturated carbocycles. The maximum Gasteiger partial charge on any atom is 0.0329 e. The van der Waals surface area contributed by atoms with Gasteiger partial charge in [0, 0.05) is 6.04 Å². The zero-order chi connectivity index (χ0) is 11.8. The van der Waals surface area contributed by atoms with Gasteiger partial charge >= 0.3 is 0 Å². The minimum Gasteiger partial charge on any atom is -0.324 e. The summed E-state index contributed by atoms with van der Waals surface area (Å²) < 4.78 is 0. The molecule has 1 heteroatoms. The van der Waals surface area contributed by atoms with Crippen LogP contribution >= 0.6 is 0 Å². The largest absolute Gasteiger partial charge is 0.324 e. The highest BCUT2D eigenvalue weighted by Gasteiger charge is 2.26. The van der Waals surface area contributed by atoms with E-state index < -0.39 is 0 Å². The molecule has 0 heterocycles. The van der Waals surface area contributed by atoms with Gasteiger partial charge in [0.05, 0.1) is 0 Å². The van der Waals surface area contributed by atoms with Gasteiger partial charge in [0.15, 0.2) is 0 Å². The lowest BCUT2D eigenvalue weighted by Gasteiger charge is -2.32. The zero-order valence-corrected chi connectivity index (χ0v) is 10.3. The second-order valence-corrected chi connectivity index (χ2v) is 5.23. The molecule has 2 aromatic carbocycles. The van der Waals surface area contributed by atoms with Crippen LogP contribution in [0.2, 0.25) is 0 Å². The first-order valence-corrected chi connectivity index (χ1v) is 6.51. The van der Waals surface area contributed by atoms with Crippen molar-refractivity contribution in [3.8, 4) is 0 Å². The van der Waals surface area contributed by atoms with Crippen molar-refractivity contribution in [3.63, 3.8) is 0 Å². The van der Waals surface area contributed by atoms with Crippen LogP contribution in [0.15, 0.2) is 36.4 Å². The van der Waals surface area contributed by atoms with Crippen LogP contribution in [0.3, 0.4) is 0 Å². The Kier molecular flexibility index (Phi) is 2.64. The van der Waals surface area contributed by atoms with Crippen molar-refractivity contribution in [2.24, 2.45) is 11.7 Å². The summed E-state index contributed by atoms with van der Waals surface area (Å²) in [5, 5.41) is 2.69. The van der Waals surface area contributed by atoms with Gasteiger partial charge in [-0.1, -0.05) is 42.8 Å². The molecule has 0 aromatic heterocycles. The molecule has 0 saturated heterocycles. The summed E-state index contributed by atoms with van der Waals surface area (Å²) in [6.07, 6.45) is 3.94. The van der Waals surface area contributed by atoms with Crippen molar-refractivity contribution < 1.29 is 0 Å².